The first-order chi connectivity index (χ1) is 11.9. The van der Waals surface area contributed by atoms with Gasteiger partial charge in [-0.2, -0.15) is 5.10 Å². The third-order valence-corrected chi connectivity index (χ3v) is 3.66. The Balaban J connectivity index is 1.84. The molecule has 2 rings (SSSR count). The number of nitrogens with one attached hydrogen (secondary N) is 3. The number of hydrogen-bond donors (Lipinski definition) is 4. The molecule has 25 heavy (non-hydrogen) atoms. The van der Waals surface area contributed by atoms with E-state index in [4.69, 9.17) is 5.11 Å². The van der Waals surface area contributed by atoms with Crippen molar-refractivity contribution in [2.45, 2.75) is 32.7 Å². The van der Waals surface area contributed by atoms with Gasteiger partial charge in [-0.15, -0.1) is 0 Å². The van der Waals surface area contributed by atoms with Crippen molar-refractivity contribution in [2.24, 2.45) is 5.92 Å². The molecule has 0 saturated heterocycles. The molecule has 0 aliphatic rings. The standard InChI is InChI=1S/C17H22N4O4/c1-10(2)9-13(17(24)25)19-14(22)7-8-18-16(23)15-11-5-3-4-6-12(11)20-21-15/h3-6,10,13H,7-9H2,1-2H3,(H,18,23)(H,19,22)(H,20,21)(H,24,25). The minimum Gasteiger partial charge on any atom is -0.480 e. The molecule has 0 spiro atoms. The molecule has 0 saturated carbocycles. The van der Waals surface area contributed by atoms with E-state index in [1.54, 1.807) is 6.07 Å². The Morgan fingerprint density at radius 3 is 2.64 bits per heavy atom. The molecule has 8 nitrogen and oxygen atoms in total. The molecule has 0 radical (unpaired) electrons. The molecule has 1 aromatic heterocycles. The Morgan fingerprint density at radius 2 is 1.96 bits per heavy atom. The lowest BCUT2D eigenvalue weighted by molar-refractivity contribution is -0.142. The van der Waals surface area contributed by atoms with Crippen LogP contribution in [-0.4, -0.2) is 45.7 Å². The summed E-state index contributed by atoms with van der Waals surface area (Å²) in [5, 5.41) is 21.7. The lowest BCUT2D eigenvalue weighted by atomic mass is 10.0. The Bertz CT molecular complexity index is 769. The number of carboxylic acid groups (broad SMARTS) is 1. The minimum absolute atomic E-state index is 0.00400. The zero-order valence-electron chi connectivity index (χ0n) is 14.2. The summed E-state index contributed by atoms with van der Waals surface area (Å²) < 4.78 is 0. The van der Waals surface area contributed by atoms with Crippen LogP contribution in [0.3, 0.4) is 0 Å². The normalized spacial score (nSPS) is 12.1. The minimum atomic E-state index is -1.06. The first kappa shape index (κ1) is 18.4. The first-order valence-corrected chi connectivity index (χ1v) is 8.12. The van der Waals surface area contributed by atoms with Crippen molar-refractivity contribution in [2.75, 3.05) is 6.54 Å². The van der Waals surface area contributed by atoms with Crippen molar-refractivity contribution in [3.05, 3.63) is 30.0 Å². The van der Waals surface area contributed by atoms with Crippen molar-refractivity contribution in [1.82, 2.24) is 20.8 Å². The van der Waals surface area contributed by atoms with Gasteiger partial charge in [0.25, 0.3) is 5.91 Å². The number of rotatable bonds is 8. The number of aliphatic carboxylic acids is 1. The second-order valence-electron chi connectivity index (χ2n) is 6.21. The molecule has 0 fully saturated rings. The van der Waals surface area contributed by atoms with Crippen molar-refractivity contribution < 1.29 is 19.5 Å². The van der Waals surface area contributed by atoms with Crippen molar-refractivity contribution in [3.63, 3.8) is 0 Å². The summed E-state index contributed by atoms with van der Waals surface area (Å²) in [5.74, 6) is -1.72. The van der Waals surface area contributed by atoms with Crippen LogP contribution in [0, 0.1) is 5.92 Å². The Hall–Kier alpha value is -2.90. The van der Waals surface area contributed by atoms with E-state index in [1.807, 2.05) is 32.0 Å². The molecule has 1 atom stereocenters. The van der Waals surface area contributed by atoms with Crippen LogP contribution < -0.4 is 10.6 Å². The monoisotopic (exact) mass is 346 g/mol. The van der Waals surface area contributed by atoms with Gasteiger partial charge in [-0.05, 0) is 18.4 Å². The molecule has 4 N–H and O–H groups in total. The lowest BCUT2D eigenvalue weighted by Gasteiger charge is -2.16. The molecule has 0 aliphatic heterocycles. The number of aromatic amines is 1. The van der Waals surface area contributed by atoms with Crippen LogP contribution in [0.1, 0.15) is 37.2 Å². The Kier molecular flexibility index (Phi) is 6.10. The molecule has 1 aromatic carbocycles. The third kappa shape index (κ3) is 5.03. The number of hydrogen-bond acceptors (Lipinski definition) is 4. The highest BCUT2D eigenvalue weighted by molar-refractivity contribution is 6.04. The average molecular weight is 346 g/mol. The Labute approximate surface area is 145 Å². The number of para-hydroxylation sites is 1. The van der Waals surface area contributed by atoms with Gasteiger partial charge in [-0.25, -0.2) is 4.79 Å². The van der Waals surface area contributed by atoms with E-state index in [0.29, 0.717) is 11.8 Å². The van der Waals surface area contributed by atoms with Crippen molar-refractivity contribution >= 4 is 28.7 Å². The number of benzene rings is 1. The fourth-order valence-electron chi connectivity index (χ4n) is 2.47. The van der Waals surface area contributed by atoms with Gasteiger partial charge in [0, 0.05) is 18.4 Å². The summed E-state index contributed by atoms with van der Waals surface area (Å²) >= 11 is 0. The van der Waals surface area contributed by atoms with E-state index in [1.165, 1.54) is 0 Å². The number of carbonyl (C=O) groups is 3. The summed E-state index contributed by atoms with van der Waals surface area (Å²) in [6, 6.07) is 6.32. The van der Waals surface area contributed by atoms with Gasteiger partial charge < -0.3 is 15.7 Å². The molecule has 2 amide bonds. The number of H-pyrrole nitrogens is 1. The molecule has 0 bridgehead atoms. The third-order valence-electron chi connectivity index (χ3n) is 3.66. The van der Waals surface area contributed by atoms with Crippen molar-refractivity contribution in [1.29, 1.82) is 0 Å². The summed E-state index contributed by atoms with van der Waals surface area (Å²) in [5.41, 5.74) is 1.02. The molecular formula is C17H22N4O4. The smallest absolute Gasteiger partial charge is 0.326 e. The van der Waals surface area contributed by atoms with Crippen LogP contribution in [0.2, 0.25) is 0 Å². The van der Waals surface area contributed by atoms with Gasteiger partial charge in [0.1, 0.15) is 6.04 Å². The summed E-state index contributed by atoms with van der Waals surface area (Å²) in [6.07, 6.45) is 0.350. The van der Waals surface area contributed by atoms with Crippen LogP contribution >= 0.6 is 0 Å². The highest BCUT2D eigenvalue weighted by atomic mass is 16.4. The van der Waals surface area contributed by atoms with Crippen LogP contribution in [0.25, 0.3) is 10.9 Å². The number of nitrogens with zero attached hydrogens (tertiary/aromatic N) is 1. The molecule has 8 heteroatoms. The predicted molar refractivity (Wildman–Crippen MR) is 92.1 cm³/mol. The second-order valence-corrected chi connectivity index (χ2v) is 6.21. The zero-order valence-corrected chi connectivity index (χ0v) is 14.2. The van der Waals surface area contributed by atoms with Gasteiger partial charge in [0.15, 0.2) is 5.69 Å². The number of aromatic nitrogens is 2. The van der Waals surface area contributed by atoms with E-state index in [0.717, 1.165) is 5.52 Å². The Morgan fingerprint density at radius 1 is 1.24 bits per heavy atom. The fourth-order valence-corrected chi connectivity index (χ4v) is 2.47. The second kappa shape index (κ2) is 8.27. The largest absolute Gasteiger partial charge is 0.480 e. The van der Waals surface area contributed by atoms with Gasteiger partial charge in [-0.1, -0.05) is 32.0 Å². The number of carbonyl (C=O) groups excluding carboxylic acids is 2. The number of fused-ring (bicyclic) bond motifs is 1. The highest BCUT2D eigenvalue weighted by Gasteiger charge is 2.21. The molecule has 0 aliphatic carbocycles. The maximum atomic E-state index is 12.2. The van der Waals surface area contributed by atoms with Crippen LogP contribution in [-0.2, 0) is 9.59 Å². The van der Waals surface area contributed by atoms with E-state index in [9.17, 15) is 14.4 Å². The van der Waals surface area contributed by atoms with Crippen molar-refractivity contribution in [3.8, 4) is 0 Å². The van der Waals surface area contributed by atoms with E-state index >= 15 is 0 Å². The average Bonchev–Trinajstić information content (AvgIpc) is 2.97. The van der Waals surface area contributed by atoms with E-state index < -0.39 is 17.9 Å². The summed E-state index contributed by atoms with van der Waals surface area (Å²) in [7, 11) is 0. The maximum Gasteiger partial charge on any atom is 0.326 e. The SMILES string of the molecule is CC(C)CC(NC(=O)CCNC(=O)c1n[nH]c2ccccc12)C(=O)O. The lowest BCUT2D eigenvalue weighted by Crippen LogP contribution is -2.42. The first-order valence-electron chi connectivity index (χ1n) is 8.12. The maximum absolute atomic E-state index is 12.2. The molecule has 134 valence electrons. The number of amides is 2. The zero-order chi connectivity index (χ0) is 18.4. The molecule has 1 heterocycles. The van der Waals surface area contributed by atoms with Gasteiger partial charge in [0.05, 0.1) is 5.52 Å². The highest BCUT2D eigenvalue weighted by Crippen LogP contribution is 2.14. The topological polar surface area (TPSA) is 124 Å². The quantitative estimate of drug-likeness (QED) is 0.573. The van der Waals surface area contributed by atoms with Crippen LogP contribution in [0.4, 0.5) is 0 Å². The van der Waals surface area contributed by atoms with Gasteiger partial charge in [0.2, 0.25) is 5.91 Å². The van der Waals surface area contributed by atoms with E-state index in [-0.39, 0.29) is 30.5 Å². The van der Waals surface area contributed by atoms with Gasteiger partial charge >= 0.3 is 5.97 Å². The van der Waals surface area contributed by atoms with Crippen LogP contribution in [0.15, 0.2) is 24.3 Å². The fraction of sp³-hybridized carbons (Fsp3) is 0.412. The molecule has 1 unspecified atom stereocenters. The number of carboxylic acids is 1. The van der Waals surface area contributed by atoms with E-state index in [2.05, 4.69) is 20.8 Å². The summed E-state index contributed by atoms with van der Waals surface area (Å²) in [6.45, 7) is 3.87. The summed E-state index contributed by atoms with van der Waals surface area (Å²) in [4.78, 5) is 35.2. The predicted octanol–water partition coefficient (Wildman–Crippen LogP) is 1.30. The molecule has 2 aromatic rings. The molecular weight excluding hydrogens is 324 g/mol. The van der Waals surface area contributed by atoms with Gasteiger partial charge in [-0.3, -0.25) is 14.7 Å². The van der Waals surface area contributed by atoms with Crippen LogP contribution in [0.5, 0.6) is 0 Å².